The van der Waals surface area contributed by atoms with Crippen molar-refractivity contribution in [3.8, 4) is 11.5 Å². The molecule has 0 heterocycles. The fourth-order valence-electron chi connectivity index (χ4n) is 3.86. The molecular formula is C33H26Br4N2O2. The number of halogens is 4. The zero-order valence-corrected chi connectivity index (χ0v) is 28.3. The molecule has 0 atom stereocenters. The van der Waals surface area contributed by atoms with Gasteiger partial charge in [-0.1, -0.05) is 81.4 Å². The van der Waals surface area contributed by atoms with Crippen LogP contribution in [0.1, 0.15) is 22.3 Å². The molecule has 4 aromatic rings. The van der Waals surface area contributed by atoms with E-state index in [1.54, 1.807) is 12.2 Å². The van der Waals surface area contributed by atoms with Crippen LogP contribution < -0.4 is 9.47 Å². The van der Waals surface area contributed by atoms with E-state index in [0.29, 0.717) is 13.2 Å². The highest BCUT2D eigenvalue weighted by atomic mass is 79.9. The first-order chi connectivity index (χ1) is 19.9. The zero-order valence-electron chi connectivity index (χ0n) is 22.0. The van der Waals surface area contributed by atoms with Crippen molar-refractivity contribution in [2.24, 2.45) is 9.98 Å². The van der Waals surface area contributed by atoms with Crippen molar-refractivity contribution < 1.29 is 9.47 Å². The molecule has 0 aliphatic carbocycles. The van der Waals surface area contributed by atoms with Crippen molar-refractivity contribution >= 4 is 87.5 Å². The number of ether oxygens (including phenoxy) is 2. The van der Waals surface area contributed by atoms with Gasteiger partial charge in [0.25, 0.3) is 0 Å². The van der Waals surface area contributed by atoms with Gasteiger partial charge in [0.2, 0.25) is 0 Å². The van der Waals surface area contributed by atoms with E-state index in [9.17, 15) is 0 Å². The lowest BCUT2D eigenvalue weighted by Crippen LogP contribution is -1.98. The molecule has 0 fully saturated rings. The molecule has 208 valence electrons. The SMILES string of the molecule is C=CCOc1c(Br)cc(Br)cc1C=Nc1ccc(Cc2ccc(N=Cc3cc(Br)cc(Br)c3OCC=C)cc2)cc1. The number of benzene rings is 4. The molecule has 4 rings (SSSR count). The normalized spacial score (nSPS) is 11.2. The van der Waals surface area contributed by atoms with Gasteiger partial charge in [-0.25, -0.2) is 0 Å². The molecule has 0 unspecified atom stereocenters. The van der Waals surface area contributed by atoms with Crippen molar-refractivity contribution in [2.45, 2.75) is 6.42 Å². The first-order valence-corrected chi connectivity index (χ1v) is 15.7. The fraction of sp³-hybridized carbons (Fsp3) is 0.0909. The maximum absolute atomic E-state index is 5.82. The number of hydrogen-bond acceptors (Lipinski definition) is 4. The average molecular weight is 802 g/mol. The maximum atomic E-state index is 5.82. The Morgan fingerprint density at radius 2 is 0.976 bits per heavy atom. The third kappa shape index (κ3) is 9.10. The van der Waals surface area contributed by atoms with Crippen LogP contribution in [-0.2, 0) is 6.42 Å². The molecule has 0 radical (unpaired) electrons. The summed E-state index contributed by atoms with van der Waals surface area (Å²) < 4.78 is 15.2. The Labute approximate surface area is 274 Å². The zero-order chi connectivity index (χ0) is 29.2. The largest absolute Gasteiger partial charge is 0.488 e. The number of aliphatic imine (C=N–C) groups is 2. The summed E-state index contributed by atoms with van der Waals surface area (Å²) in [4.78, 5) is 9.32. The van der Waals surface area contributed by atoms with Crippen molar-refractivity contribution in [3.63, 3.8) is 0 Å². The molecule has 0 N–H and O–H groups in total. The van der Waals surface area contributed by atoms with Crippen LogP contribution in [0, 0.1) is 0 Å². The Morgan fingerprint density at radius 3 is 1.34 bits per heavy atom. The highest BCUT2D eigenvalue weighted by Crippen LogP contribution is 2.34. The topological polar surface area (TPSA) is 43.2 Å². The van der Waals surface area contributed by atoms with E-state index >= 15 is 0 Å². The minimum absolute atomic E-state index is 0.415. The Kier molecular flexibility index (Phi) is 11.7. The van der Waals surface area contributed by atoms with Crippen LogP contribution in [0.25, 0.3) is 0 Å². The van der Waals surface area contributed by atoms with Crippen LogP contribution in [-0.4, -0.2) is 25.6 Å². The monoisotopic (exact) mass is 798 g/mol. The lowest BCUT2D eigenvalue weighted by molar-refractivity contribution is 0.360. The molecule has 8 heteroatoms. The molecule has 0 saturated carbocycles. The molecule has 0 aliphatic rings. The van der Waals surface area contributed by atoms with Gasteiger partial charge < -0.3 is 9.47 Å². The summed E-state index contributed by atoms with van der Waals surface area (Å²) in [5, 5.41) is 0. The number of rotatable bonds is 12. The van der Waals surface area contributed by atoms with Gasteiger partial charge in [0.15, 0.2) is 0 Å². The van der Waals surface area contributed by atoms with Crippen molar-refractivity contribution in [1.82, 2.24) is 0 Å². The van der Waals surface area contributed by atoms with Crippen molar-refractivity contribution in [1.29, 1.82) is 0 Å². The Morgan fingerprint density at radius 1 is 0.585 bits per heavy atom. The van der Waals surface area contributed by atoms with Crippen LogP contribution in [0.5, 0.6) is 11.5 Å². The predicted molar refractivity (Wildman–Crippen MR) is 185 cm³/mol. The standard InChI is InChI=1S/C33H26Br4N2O2/c1-3-13-40-32-24(16-26(34)18-30(32)36)20-38-28-9-5-22(6-10-28)15-23-7-11-29(12-8-23)39-21-25-17-27(35)19-31(37)33(25)41-14-4-2/h3-12,16-21H,1-2,13-15H2. The summed E-state index contributed by atoms with van der Waals surface area (Å²) >= 11 is 14.2. The van der Waals surface area contributed by atoms with Crippen LogP contribution in [0.15, 0.2) is 126 Å². The second-order valence-corrected chi connectivity index (χ2v) is 12.4. The van der Waals surface area contributed by atoms with E-state index in [1.165, 1.54) is 11.1 Å². The van der Waals surface area contributed by atoms with E-state index in [4.69, 9.17) is 9.47 Å². The minimum atomic E-state index is 0.415. The maximum Gasteiger partial charge on any atom is 0.142 e. The molecule has 0 bridgehead atoms. The van der Waals surface area contributed by atoms with E-state index < -0.39 is 0 Å². The smallest absolute Gasteiger partial charge is 0.142 e. The summed E-state index contributed by atoms with van der Waals surface area (Å²) in [6.45, 7) is 8.28. The van der Waals surface area contributed by atoms with Gasteiger partial charge >= 0.3 is 0 Å². The van der Waals surface area contributed by atoms with Gasteiger partial charge in [0, 0.05) is 32.5 Å². The highest BCUT2D eigenvalue weighted by molar-refractivity contribution is 9.11. The Balaban J connectivity index is 1.42. The third-order valence-electron chi connectivity index (χ3n) is 5.75. The Bertz CT molecular complexity index is 1460. The molecule has 4 aromatic carbocycles. The van der Waals surface area contributed by atoms with Crippen LogP contribution in [0.4, 0.5) is 11.4 Å². The van der Waals surface area contributed by atoms with E-state index in [2.05, 4.69) is 111 Å². The molecule has 0 saturated heterocycles. The quantitative estimate of drug-likeness (QED) is 0.106. The van der Waals surface area contributed by atoms with Gasteiger partial charge in [0.1, 0.15) is 24.7 Å². The van der Waals surface area contributed by atoms with E-state index in [0.717, 1.165) is 58.3 Å². The van der Waals surface area contributed by atoms with Crippen LogP contribution in [0.2, 0.25) is 0 Å². The second-order valence-electron chi connectivity index (χ2n) is 8.84. The summed E-state index contributed by atoms with van der Waals surface area (Å²) in [6, 6.07) is 24.3. The molecule has 0 spiro atoms. The molecular weight excluding hydrogens is 776 g/mol. The van der Waals surface area contributed by atoms with Crippen LogP contribution >= 0.6 is 63.7 Å². The lowest BCUT2D eigenvalue weighted by Gasteiger charge is -2.10. The van der Waals surface area contributed by atoms with E-state index in [-0.39, 0.29) is 0 Å². The average Bonchev–Trinajstić information content (AvgIpc) is 2.95. The minimum Gasteiger partial charge on any atom is -0.488 e. The number of hydrogen-bond donors (Lipinski definition) is 0. The summed E-state index contributed by atoms with van der Waals surface area (Å²) in [7, 11) is 0. The van der Waals surface area contributed by atoms with E-state index in [1.807, 2.05) is 61.0 Å². The second kappa shape index (κ2) is 15.4. The van der Waals surface area contributed by atoms with Gasteiger partial charge in [-0.15, -0.1) is 0 Å². The van der Waals surface area contributed by atoms with Gasteiger partial charge in [0.05, 0.1) is 20.3 Å². The molecule has 0 amide bonds. The molecule has 0 aliphatic heterocycles. The van der Waals surface area contributed by atoms with Gasteiger partial charge in [-0.3, -0.25) is 9.98 Å². The van der Waals surface area contributed by atoms with Crippen molar-refractivity contribution in [2.75, 3.05) is 13.2 Å². The molecule has 4 nitrogen and oxygen atoms in total. The highest BCUT2D eigenvalue weighted by Gasteiger charge is 2.10. The lowest BCUT2D eigenvalue weighted by atomic mass is 10.0. The number of nitrogens with zero attached hydrogens (tertiary/aromatic N) is 2. The first kappa shape index (κ1) is 31.2. The summed E-state index contributed by atoms with van der Waals surface area (Å²) in [5.74, 6) is 1.46. The van der Waals surface area contributed by atoms with Gasteiger partial charge in [-0.2, -0.15) is 0 Å². The molecule has 0 aromatic heterocycles. The predicted octanol–water partition coefficient (Wildman–Crippen LogP) is 11.0. The fourth-order valence-corrected chi connectivity index (χ4v) is 6.61. The first-order valence-electron chi connectivity index (χ1n) is 12.6. The summed E-state index contributed by atoms with van der Waals surface area (Å²) in [6.07, 6.45) is 7.86. The summed E-state index contributed by atoms with van der Waals surface area (Å²) in [5.41, 5.74) is 5.85. The van der Waals surface area contributed by atoms with Crippen molar-refractivity contribution in [3.05, 3.63) is 138 Å². The molecule has 41 heavy (non-hydrogen) atoms. The van der Waals surface area contributed by atoms with Gasteiger partial charge in [-0.05, 0) is 97.9 Å². The van der Waals surface area contributed by atoms with Crippen LogP contribution in [0.3, 0.4) is 0 Å². The third-order valence-corrected chi connectivity index (χ3v) is 7.85. The Hall–Kier alpha value is -2.78.